The van der Waals surface area contributed by atoms with Crippen molar-refractivity contribution in [2.24, 2.45) is 17.8 Å². The lowest BCUT2D eigenvalue weighted by molar-refractivity contribution is -0.146. The molecular weight excluding hydrogens is 492 g/mol. The van der Waals surface area contributed by atoms with Gasteiger partial charge in [-0.15, -0.1) is 0 Å². The van der Waals surface area contributed by atoms with Crippen molar-refractivity contribution in [1.29, 1.82) is 0 Å². The Bertz CT molecular complexity index is 806. The van der Waals surface area contributed by atoms with Gasteiger partial charge in [-0.05, 0) is 64.7 Å². The lowest BCUT2D eigenvalue weighted by atomic mass is 9.99. The zero-order valence-corrected chi connectivity index (χ0v) is 25.0. The summed E-state index contributed by atoms with van der Waals surface area (Å²) < 4.78 is 10.0. The zero-order chi connectivity index (χ0) is 29.8. The molecule has 0 rings (SSSR count). The molecule has 0 unspecified atom stereocenters. The van der Waals surface area contributed by atoms with Crippen LogP contribution in [0.15, 0.2) is 0 Å². The van der Waals surface area contributed by atoms with Crippen molar-refractivity contribution in [3.63, 3.8) is 0 Å². The van der Waals surface area contributed by atoms with Crippen molar-refractivity contribution in [1.82, 2.24) is 21.3 Å². The standard InChI is InChI=1S/C27H50N4O7/c1-15(2)12-19(29-22(32)18(7)28-26(36)38-27(8,9)10)23(33)30-20(13-16(3)4)24(34)31-21(14-17(5)6)25(35)37-11/h15-21H,12-14H2,1-11H3,(H,28,36)(H,29,32)(H,30,33)(H,31,34)/t18-,19+,20+,21+/m1/s1. The number of amides is 4. The molecule has 4 amide bonds. The van der Waals surface area contributed by atoms with Crippen LogP contribution >= 0.6 is 0 Å². The molecule has 0 aromatic carbocycles. The molecule has 220 valence electrons. The van der Waals surface area contributed by atoms with E-state index in [9.17, 15) is 24.0 Å². The van der Waals surface area contributed by atoms with Gasteiger partial charge in [-0.25, -0.2) is 9.59 Å². The third kappa shape index (κ3) is 14.8. The molecule has 11 nitrogen and oxygen atoms in total. The van der Waals surface area contributed by atoms with Crippen LogP contribution in [0.2, 0.25) is 0 Å². The molecule has 4 N–H and O–H groups in total. The predicted octanol–water partition coefficient (Wildman–Crippen LogP) is 2.67. The number of methoxy groups -OCH3 is 1. The molecule has 0 aliphatic carbocycles. The van der Waals surface area contributed by atoms with Gasteiger partial charge in [-0.2, -0.15) is 0 Å². The summed E-state index contributed by atoms with van der Waals surface area (Å²) in [7, 11) is 1.26. The normalized spacial score (nSPS) is 14.8. The second kappa shape index (κ2) is 16.2. The Kier molecular flexibility index (Phi) is 15.0. The molecule has 0 saturated heterocycles. The third-order valence-electron chi connectivity index (χ3n) is 5.32. The molecule has 0 fully saturated rings. The third-order valence-corrected chi connectivity index (χ3v) is 5.32. The molecule has 0 radical (unpaired) electrons. The highest BCUT2D eigenvalue weighted by atomic mass is 16.6. The summed E-state index contributed by atoms with van der Waals surface area (Å²) >= 11 is 0. The number of ether oxygens (including phenoxy) is 2. The van der Waals surface area contributed by atoms with E-state index in [4.69, 9.17) is 9.47 Å². The molecular formula is C27H50N4O7. The van der Waals surface area contributed by atoms with Crippen molar-refractivity contribution in [2.75, 3.05) is 7.11 Å². The van der Waals surface area contributed by atoms with Gasteiger partial charge >= 0.3 is 12.1 Å². The van der Waals surface area contributed by atoms with Crippen molar-refractivity contribution in [3.8, 4) is 0 Å². The summed E-state index contributed by atoms with van der Waals surface area (Å²) in [5, 5.41) is 10.6. The molecule has 38 heavy (non-hydrogen) atoms. The van der Waals surface area contributed by atoms with Crippen molar-refractivity contribution in [3.05, 3.63) is 0 Å². The highest BCUT2D eigenvalue weighted by Gasteiger charge is 2.32. The quantitative estimate of drug-likeness (QED) is 0.246. The van der Waals surface area contributed by atoms with Crippen LogP contribution < -0.4 is 21.3 Å². The first kappa shape index (κ1) is 35.2. The highest BCUT2D eigenvalue weighted by Crippen LogP contribution is 2.12. The molecule has 0 aromatic rings. The molecule has 0 saturated carbocycles. The van der Waals surface area contributed by atoms with E-state index in [-0.39, 0.29) is 17.8 Å². The van der Waals surface area contributed by atoms with Gasteiger partial charge in [0, 0.05) is 0 Å². The van der Waals surface area contributed by atoms with Crippen LogP contribution in [0.1, 0.15) is 88.5 Å². The summed E-state index contributed by atoms with van der Waals surface area (Å²) in [5.41, 5.74) is -0.728. The summed E-state index contributed by atoms with van der Waals surface area (Å²) in [6, 6.07) is -3.67. The summed E-state index contributed by atoms with van der Waals surface area (Å²) in [5.74, 6) is -1.92. The number of nitrogens with one attached hydrogen (secondary N) is 4. The maximum absolute atomic E-state index is 13.3. The first-order chi connectivity index (χ1) is 17.4. The van der Waals surface area contributed by atoms with Crippen molar-refractivity contribution in [2.45, 2.75) is 118 Å². The fourth-order valence-corrected chi connectivity index (χ4v) is 3.62. The van der Waals surface area contributed by atoms with Gasteiger partial charge in [0.15, 0.2) is 0 Å². The van der Waals surface area contributed by atoms with Crippen LogP contribution in [0.5, 0.6) is 0 Å². The van der Waals surface area contributed by atoms with Crippen molar-refractivity contribution >= 4 is 29.8 Å². The molecule has 0 aliphatic rings. The number of hydrogen-bond donors (Lipinski definition) is 4. The second-order valence-electron chi connectivity index (χ2n) is 12.0. The van der Waals surface area contributed by atoms with E-state index in [0.29, 0.717) is 19.3 Å². The van der Waals surface area contributed by atoms with Gasteiger partial charge in [0.25, 0.3) is 0 Å². The molecule has 0 aromatic heterocycles. The molecule has 4 atom stereocenters. The smallest absolute Gasteiger partial charge is 0.408 e. The highest BCUT2D eigenvalue weighted by molar-refractivity contribution is 5.94. The van der Waals surface area contributed by atoms with Gasteiger partial charge in [0.05, 0.1) is 7.11 Å². The minimum atomic E-state index is -0.959. The number of esters is 1. The summed E-state index contributed by atoms with van der Waals surface area (Å²) in [6.45, 7) is 18.1. The Morgan fingerprint density at radius 1 is 0.605 bits per heavy atom. The Balaban J connectivity index is 5.60. The fourth-order valence-electron chi connectivity index (χ4n) is 3.62. The van der Waals surface area contributed by atoms with Gasteiger partial charge in [-0.1, -0.05) is 41.5 Å². The van der Waals surface area contributed by atoms with E-state index >= 15 is 0 Å². The number of hydrogen-bond acceptors (Lipinski definition) is 7. The monoisotopic (exact) mass is 542 g/mol. The van der Waals surface area contributed by atoms with Crippen LogP contribution in [0.25, 0.3) is 0 Å². The SMILES string of the molecule is COC(=O)[C@H](CC(C)C)NC(=O)[C@H](CC(C)C)NC(=O)[C@H](CC(C)C)NC(=O)[C@@H](C)NC(=O)OC(C)(C)C. The Labute approximate surface area is 227 Å². The topological polar surface area (TPSA) is 152 Å². The van der Waals surface area contributed by atoms with Crippen LogP contribution in [-0.4, -0.2) is 66.7 Å². The van der Waals surface area contributed by atoms with Gasteiger partial charge in [0.1, 0.15) is 29.8 Å². The molecule has 0 bridgehead atoms. The lowest BCUT2D eigenvalue weighted by Gasteiger charge is -2.27. The lowest BCUT2D eigenvalue weighted by Crippen LogP contribution is -2.58. The summed E-state index contributed by atoms with van der Waals surface area (Å²) in [6.07, 6.45) is 0.270. The minimum absolute atomic E-state index is 0.0484. The first-order valence-corrected chi connectivity index (χ1v) is 13.3. The van der Waals surface area contributed by atoms with E-state index in [1.807, 2.05) is 41.5 Å². The van der Waals surface area contributed by atoms with Crippen LogP contribution in [0.4, 0.5) is 4.79 Å². The van der Waals surface area contributed by atoms with E-state index in [1.165, 1.54) is 14.0 Å². The number of alkyl carbamates (subject to hydrolysis) is 1. The zero-order valence-electron chi connectivity index (χ0n) is 25.0. The van der Waals surface area contributed by atoms with Crippen LogP contribution in [0, 0.1) is 17.8 Å². The van der Waals surface area contributed by atoms with E-state index in [2.05, 4.69) is 21.3 Å². The average molecular weight is 543 g/mol. The van der Waals surface area contributed by atoms with Gasteiger partial charge in [0.2, 0.25) is 17.7 Å². The second-order valence-corrected chi connectivity index (χ2v) is 12.0. The number of rotatable bonds is 14. The Hall–Kier alpha value is -2.85. The molecule has 0 spiro atoms. The Morgan fingerprint density at radius 3 is 1.34 bits per heavy atom. The largest absolute Gasteiger partial charge is 0.467 e. The number of carbonyl (C=O) groups is 5. The Morgan fingerprint density at radius 2 is 0.974 bits per heavy atom. The molecule has 11 heteroatoms. The summed E-state index contributed by atoms with van der Waals surface area (Å²) in [4.78, 5) is 63.5. The van der Waals surface area contributed by atoms with Crippen molar-refractivity contribution < 1.29 is 33.4 Å². The maximum Gasteiger partial charge on any atom is 0.408 e. The van der Waals surface area contributed by atoms with E-state index in [0.717, 1.165) is 0 Å². The fraction of sp³-hybridized carbons (Fsp3) is 0.815. The van der Waals surface area contributed by atoms with Crippen LogP contribution in [-0.2, 0) is 28.7 Å². The minimum Gasteiger partial charge on any atom is -0.467 e. The first-order valence-electron chi connectivity index (χ1n) is 13.3. The molecule has 0 aliphatic heterocycles. The maximum atomic E-state index is 13.3. The predicted molar refractivity (Wildman–Crippen MR) is 145 cm³/mol. The van der Waals surface area contributed by atoms with Gasteiger partial charge in [-0.3, -0.25) is 14.4 Å². The van der Waals surface area contributed by atoms with E-state index < -0.39 is 59.6 Å². The average Bonchev–Trinajstić information content (AvgIpc) is 2.74. The van der Waals surface area contributed by atoms with E-state index in [1.54, 1.807) is 20.8 Å². The van der Waals surface area contributed by atoms with Crippen LogP contribution in [0.3, 0.4) is 0 Å². The van der Waals surface area contributed by atoms with Gasteiger partial charge < -0.3 is 30.7 Å². The number of carbonyl (C=O) groups excluding carboxylic acids is 5. The molecule has 0 heterocycles.